The Bertz CT molecular complexity index is 972. The number of carbonyl (C=O) groups excluding carboxylic acids is 2. The number of carbonyl (C=O) groups is 2. The van der Waals surface area contributed by atoms with E-state index in [1.165, 1.54) is 12.1 Å². The Hall–Kier alpha value is -3.25. The van der Waals surface area contributed by atoms with Gasteiger partial charge in [0.25, 0.3) is 0 Å². The third-order valence-corrected chi connectivity index (χ3v) is 5.37. The highest BCUT2D eigenvalue weighted by Crippen LogP contribution is 2.47. The molecule has 1 aliphatic rings. The predicted molar refractivity (Wildman–Crippen MR) is 103 cm³/mol. The molecule has 0 atom stereocenters. The molecular weight excluding hydrogens is 360 g/mol. The normalized spacial score (nSPS) is 12.1. The summed E-state index contributed by atoms with van der Waals surface area (Å²) in [5, 5.41) is 13.6. The summed E-state index contributed by atoms with van der Waals surface area (Å²) in [5.74, 6) is -1.43. The van der Waals surface area contributed by atoms with Crippen molar-refractivity contribution in [1.29, 1.82) is 0 Å². The van der Waals surface area contributed by atoms with Crippen molar-refractivity contribution in [3.8, 4) is 0 Å². The SMILES string of the molecule is O=C(CN1c2ccccc2Sc2ccccc21)Nc1ccc(C(=O)[O-])cc1. The van der Waals surface area contributed by atoms with E-state index in [1.807, 2.05) is 53.4 Å². The average Bonchev–Trinajstić information content (AvgIpc) is 2.68. The van der Waals surface area contributed by atoms with Gasteiger partial charge < -0.3 is 20.1 Å². The van der Waals surface area contributed by atoms with Crippen molar-refractivity contribution < 1.29 is 14.7 Å². The molecule has 0 saturated heterocycles. The number of hydrogen-bond donors (Lipinski definition) is 1. The summed E-state index contributed by atoms with van der Waals surface area (Å²) in [5.41, 5.74) is 2.59. The molecule has 1 heterocycles. The summed E-state index contributed by atoms with van der Waals surface area (Å²) in [6.07, 6.45) is 0. The van der Waals surface area contributed by atoms with Gasteiger partial charge in [-0.15, -0.1) is 0 Å². The Labute approximate surface area is 160 Å². The van der Waals surface area contributed by atoms with Gasteiger partial charge in [-0.05, 0) is 42.0 Å². The second-order valence-corrected chi connectivity index (χ2v) is 7.12. The van der Waals surface area contributed by atoms with Crippen molar-refractivity contribution >= 4 is 40.7 Å². The number of rotatable bonds is 4. The molecule has 3 aromatic rings. The summed E-state index contributed by atoms with van der Waals surface area (Å²) in [4.78, 5) is 27.6. The molecule has 0 fully saturated rings. The van der Waals surface area contributed by atoms with Gasteiger partial charge in [0.1, 0.15) is 6.54 Å². The van der Waals surface area contributed by atoms with Crippen LogP contribution in [0, 0.1) is 0 Å². The Morgan fingerprint density at radius 2 is 1.41 bits per heavy atom. The maximum absolute atomic E-state index is 12.6. The average molecular weight is 375 g/mol. The lowest BCUT2D eigenvalue weighted by atomic mass is 10.2. The topological polar surface area (TPSA) is 72.5 Å². The fourth-order valence-electron chi connectivity index (χ4n) is 2.99. The van der Waals surface area contributed by atoms with Gasteiger partial charge >= 0.3 is 0 Å². The lowest BCUT2D eigenvalue weighted by molar-refractivity contribution is -0.255. The monoisotopic (exact) mass is 375 g/mol. The van der Waals surface area contributed by atoms with E-state index in [0.717, 1.165) is 21.2 Å². The first-order valence-electron chi connectivity index (χ1n) is 8.36. The molecule has 0 aliphatic carbocycles. The van der Waals surface area contributed by atoms with Crippen LogP contribution in [0.2, 0.25) is 0 Å². The van der Waals surface area contributed by atoms with E-state index in [-0.39, 0.29) is 18.0 Å². The van der Waals surface area contributed by atoms with Gasteiger partial charge in [0.2, 0.25) is 5.91 Å². The van der Waals surface area contributed by atoms with Gasteiger partial charge in [-0.2, -0.15) is 0 Å². The molecule has 27 heavy (non-hydrogen) atoms. The van der Waals surface area contributed by atoms with E-state index in [0.29, 0.717) is 5.69 Å². The molecule has 134 valence electrons. The molecule has 3 aromatic carbocycles. The number of nitrogens with one attached hydrogen (secondary N) is 1. The molecule has 1 aliphatic heterocycles. The van der Waals surface area contributed by atoms with Crippen molar-refractivity contribution in [1.82, 2.24) is 0 Å². The first-order valence-corrected chi connectivity index (χ1v) is 9.18. The van der Waals surface area contributed by atoms with Crippen molar-refractivity contribution in [3.63, 3.8) is 0 Å². The summed E-state index contributed by atoms with van der Waals surface area (Å²) >= 11 is 1.69. The number of aromatic carboxylic acids is 1. The number of anilines is 3. The van der Waals surface area contributed by atoms with Crippen molar-refractivity contribution in [2.45, 2.75) is 9.79 Å². The standard InChI is InChI=1S/C21H16N2O3S/c24-20(22-15-11-9-14(10-12-15)21(25)26)13-23-16-5-1-3-7-18(16)27-19-8-4-2-6-17(19)23/h1-12H,13H2,(H,22,24)(H,25,26)/p-1. The Balaban J connectivity index is 1.57. The highest BCUT2D eigenvalue weighted by molar-refractivity contribution is 7.99. The number of carboxylic acid groups (broad SMARTS) is 1. The zero-order valence-electron chi connectivity index (χ0n) is 14.2. The molecule has 0 unspecified atom stereocenters. The molecule has 4 rings (SSSR count). The van der Waals surface area contributed by atoms with Gasteiger partial charge in [-0.3, -0.25) is 4.79 Å². The highest BCUT2D eigenvalue weighted by atomic mass is 32.2. The molecule has 6 heteroatoms. The lowest BCUT2D eigenvalue weighted by Crippen LogP contribution is -2.31. The number of fused-ring (bicyclic) bond motifs is 2. The van der Waals surface area contributed by atoms with Crippen molar-refractivity contribution in [2.24, 2.45) is 0 Å². The maximum Gasteiger partial charge on any atom is 0.244 e. The number of amides is 1. The fourth-order valence-corrected chi connectivity index (χ4v) is 4.08. The van der Waals surface area contributed by atoms with E-state index < -0.39 is 5.97 Å². The number of para-hydroxylation sites is 2. The fraction of sp³-hybridized carbons (Fsp3) is 0.0476. The van der Waals surface area contributed by atoms with Crippen molar-refractivity contribution in [2.75, 3.05) is 16.8 Å². The number of benzene rings is 3. The predicted octanol–water partition coefficient (Wildman–Crippen LogP) is 3.29. The first kappa shape index (κ1) is 17.2. The maximum atomic E-state index is 12.6. The zero-order chi connectivity index (χ0) is 18.8. The smallest absolute Gasteiger partial charge is 0.244 e. The third-order valence-electron chi connectivity index (χ3n) is 4.24. The quantitative estimate of drug-likeness (QED) is 0.758. The minimum atomic E-state index is -1.24. The van der Waals surface area contributed by atoms with Crippen LogP contribution >= 0.6 is 11.8 Å². The first-order chi connectivity index (χ1) is 13.1. The van der Waals surface area contributed by atoms with Crippen LogP contribution in [0.1, 0.15) is 10.4 Å². The molecule has 0 aromatic heterocycles. The van der Waals surface area contributed by atoms with Gasteiger partial charge in [0.05, 0.1) is 17.3 Å². The van der Waals surface area contributed by atoms with Crippen LogP contribution in [-0.2, 0) is 4.79 Å². The van der Waals surface area contributed by atoms with Crippen LogP contribution in [0.4, 0.5) is 17.1 Å². The molecule has 1 N–H and O–H groups in total. The summed E-state index contributed by atoms with van der Waals surface area (Å²) in [6, 6.07) is 21.9. The molecule has 0 radical (unpaired) electrons. The third kappa shape index (κ3) is 3.52. The lowest BCUT2D eigenvalue weighted by Gasteiger charge is -2.32. The van der Waals surface area contributed by atoms with Gasteiger partial charge in [-0.1, -0.05) is 48.2 Å². The summed E-state index contributed by atoms with van der Waals surface area (Å²) in [7, 11) is 0. The number of nitrogens with zero attached hydrogens (tertiary/aromatic N) is 1. The van der Waals surface area contributed by atoms with E-state index in [9.17, 15) is 14.7 Å². The molecule has 5 nitrogen and oxygen atoms in total. The van der Waals surface area contributed by atoms with Gasteiger partial charge in [-0.25, -0.2) is 0 Å². The summed E-state index contributed by atoms with van der Waals surface area (Å²) < 4.78 is 0. The molecule has 0 saturated carbocycles. The van der Waals surface area contributed by atoms with Crippen LogP contribution in [0.3, 0.4) is 0 Å². The second kappa shape index (κ2) is 7.17. The summed E-state index contributed by atoms with van der Waals surface area (Å²) in [6.45, 7) is 0.150. The zero-order valence-corrected chi connectivity index (χ0v) is 15.0. The molecule has 0 bridgehead atoms. The van der Waals surface area contributed by atoms with E-state index in [1.54, 1.807) is 23.9 Å². The van der Waals surface area contributed by atoms with Crippen LogP contribution in [-0.4, -0.2) is 18.4 Å². The van der Waals surface area contributed by atoms with E-state index in [2.05, 4.69) is 5.32 Å². The van der Waals surface area contributed by atoms with Gasteiger partial charge in [0.15, 0.2) is 0 Å². The van der Waals surface area contributed by atoms with E-state index in [4.69, 9.17) is 0 Å². The second-order valence-electron chi connectivity index (χ2n) is 6.04. The van der Waals surface area contributed by atoms with Crippen LogP contribution in [0.5, 0.6) is 0 Å². The molecule has 0 spiro atoms. The largest absolute Gasteiger partial charge is 0.545 e. The van der Waals surface area contributed by atoms with Crippen LogP contribution in [0.25, 0.3) is 0 Å². The van der Waals surface area contributed by atoms with E-state index >= 15 is 0 Å². The molecule has 1 amide bonds. The number of hydrogen-bond acceptors (Lipinski definition) is 5. The highest BCUT2D eigenvalue weighted by Gasteiger charge is 2.24. The minimum absolute atomic E-state index is 0.0731. The van der Waals surface area contributed by atoms with Crippen LogP contribution < -0.4 is 15.3 Å². The van der Waals surface area contributed by atoms with Gasteiger partial charge in [0, 0.05) is 15.5 Å². The molecular formula is C21H15N2O3S-. The van der Waals surface area contributed by atoms with Crippen molar-refractivity contribution in [3.05, 3.63) is 78.4 Å². The number of carboxylic acids is 1. The Kier molecular flexibility index (Phi) is 4.56. The Morgan fingerprint density at radius 3 is 1.96 bits per heavy atom. The minimum Gasteiger partial charge on any atom is -0.545 e. The Morgan fingerprint density at radius 1 is 0.852 bits per heavy atom. The van der Waals surface area contributed by atoms with Crippen LogP contribution in [0.15, 0.2) is 82.6 Å².